The van der Waals surface area contributed by atoms with E-state index in [1.807, 2.05) is 6.07 Å². The van der Waals surface area contributed by atoms with Gasteiger partial charge in [-0.3, -0.25) is 9.59 Å². The first kappa shape index (κ1) is 17.4. The van der Waals surface area contributed by atoms with E-state index in [-0.39, 0.29) is 29.8 Å². The van der Waals surface area contributed by atoms with Crippen LogP contribution in [0.3, 0.4) is 0 Å². The summed E-state index contributed by atoms with van der Waals surface area (Å²) in [4.78, 5) is 23.9. The smallest absolute Gasteiger partial charge is 0.253 e. The highest BCUT2D eigenvalue weighted by molar-refractivity contribution is 6.36. The lowest BCUT2D eigenvalue weighted by molar-refractivity contribution is -0.120. The van der Waals surface area contributed by atoms with Crippen molar-refractivity contribution in [1.29, 1.82) is 0 Å². The van der Waals surface area contributed by atoms with Crippen molar-refractivity contribution in [3.05, 3.63) is 57.6 Å². The summed E-state index contributed by atoms with van der Waals surface area (Å²) in [7, 11) is 0. The second-order valence-corrected chi connectivity index (χ2v) is 6.11. The number of carbonyl (C=O) groups excluding carboxylic acids is 2. The van der Waals surface area contributed by atoms with Gasteiger partial charge in [0.15, 0.2) is 11.5 Å². The summed E-state index contributed by atoms with van der Waals surface area (Å²) < 4.78 is 10.5. The molecular weight excluding hydrogens is 367 g/mol. The van der Waals surface area contributed by atoms with Crippen molar-refractivity contribution >= 4 is 35.0 Å². The molecule has 8 heteroatoms. The van der Waals surface area contributed by atoms with Crippen molar-refractivity contribution in [2.45, 2.75) is 6.54 Å². The highest BCUT2D eigenvalue weighted by Crippen LogP contribution is 2.32. The minimum Gasteiger partial charge on any atom is -0.454 e. The minimum atomic E-state index is -0.445. The molecule has 2 amide bonds. The molecule has 0 radical (unpaired) electrons. The van der Waals surface area contributed by atoms with E-state index in [2.05, 4.69) is 10.6 Å². The van der Waals surface area contributed by atoms with Crippen molar-refractivity contribution < 1.29 is 19.1 Å². The van der Waals surface area contributed by atoms with Crippen LogP contribution >= 0.6 is 23.2 Å². The van der Waals surface area contributed by atoms with E-state index >= 15 is 0 Å². The SMILES string of the molecule is O=C(CNC(=O)c1ccc(Cl)cc1Cl)NCc1ccc2c(c1)OCO2. The van der Waals surface area contributed by atoms with Crippen LogP contribution < -0.4 is 20.1 Å². The molecule has 0 saturated carbocycles. The summed E-state index contributed by atoms with van der Waals surface area (Å²) >= 11 is 11.7. The second-order valence-electron chi connectivity index (χ2n) is 5.27. The second kappa shape index (κ2) is 7.63. The Balaban J connectivity index is 1.48. The average molecular weight is 381 g/mol. The molecule has 0 atom stereocenters. The monoisotopic (exact) mass is 380 g/mol. The quantitative estimate of drug-likeness (QED) is 0.835. The summed E-state index contributed by atoms with van der Waals surface area (Å²) in [6.45, 7) is 0.347. The summed E-state index contributed by atoms with van der Waals surface area (Å²) in [6, 6.07) is 9.95. The van der Waals surface area contributed by atoms with Gasteiger partial charge in [-0.05, 0) is 35.9 Å². The predicted molar refractivity (Wildman–Crippen MR) is 93.2 cm³/mol. The first-order valence-electron chi connectivity index (χ1n) is 7.41. The molecule has 0 aliphatic carbocycles. The summed E-state index contributed by atoms with van der Waals surface area (Å²) in [5.41, 5.74) is 1.12. The predicted octanol–water partition coefficient (Wildman–Crippen LogP) is 2.77. The molecule has 6 nitrogen and oxygen atoms in total. The Morgan fingerprint density at radius 1 is 1.00 bits per heavy atom. The van der Waals surface area contributed by atoms with Gasteiger partial charge in [0.05, 0.1) is 17.1 Å². The van der Waals surface area contributed by atoms with Crippen LogP contribution in [0.4, 0.5) is 0 Å². The average Bonchev–Trinajstić information content (AvgIpc) is 3.05. The molecule has 0 spiro atoms. The maximum atomic E-state index is 12.0. The zero-order valence-electron chi connectivity index (χ0n) is 13.0. The molecule has 0 aromatic heterocycles. The van der Waals surface area contributed by atoms with Crippen molar-refractivity contribution in [1.82, 2.24) is 10.6 Å². The fourth-order valence-corrected chi connectivity index (χ4v) is 2.74. The summed E-state index contributed by atoms with van der Waals surface area (Å²) in [5.74, 6) is 0.565. The van der Waals surface area contributed by atoms with Gasteiger partial charge in [-0.1, -0.05) is 29.3 Å². The fraction of sp³-hybridized carbons (Fsp3) is 0.176. The fourth-order valence-electron chi connectivity index (χ4n) is 2.24. The van der Waals surface area contributed by atoms with Crippen LogP contribution in [0.5, 0.6) is 11.5 Å². The lowest BCUT2D eigenvalue weighted by Crippen LogP contribution is -2.36. The maximum Gasteiger partial charge on any atom is 0.253 e. The van der Waals surface area contributed by atoms with Crippen molar-refractivity contribution in [2.75, 3.05) is 13.3 Å². The number of rotatable bonds is 5. The van der Waals surface area contributed by atoms with Crippen molar-refractivity contribution in [3.8, 4) is 11.5 Å². The molecule has 0 unspecified atom stereocenters. The number of nitrogens with one attached hydrogen (secondary N) is 2. The van der Waals surface area contributed by atoms with E-state index in [4.69, 9.17) is 32.7 Å². The molecule has 0 saturated heterocycles. The van der Waals surface area contributed by atoms with E-state index in [1.165, 1.54) is 12.1 Å². The Morgan fingerprint density at radius 3 is 2.60 bits per heavy atom. The molecule has 1 heterocycles. The van der Waals surface area contributed by atoms with E-state index < -0.39 is 5.91 Å². The van der Waals surface area contributed by atoms with Gasteiger partial charge < -0.3 is 20.1 Å². The molecule has 1 aliphatic heterocycles. The van der Waals surface area contributed by atoms with Crippen LogP contribution in [-0.4, -0.2) is 25.2 Å². The number of fused-ring (bicyclic) bond motifs is 1. The number of amides is 2. The number of benzene rings is 2. The first-order chi connectivity index (χ1) is 12.0. The van der Waals surface area contributed by atoms with Gasteiger partial charge in [0.25, 0.3) is 5.91 Å². The third-order valence-corrected chi connectivity index (χ3v) is 4.06. The molecule has 2 aromatic rings. The number of hydrogen-bond donors (Lipinski definition) is 2. The van der Waals surface area contributed by atoms with Crippen LogP contribution in [0, 0.1) is 0 Å². The highest BCUT2D eigenvalue weighted by Gasteiger charge is 2.14. The van der Waals surface area contributed by atoms with Gasteiger partial charge in [-0.2, -0.15) is 0 Å². The standard InChI is InChI=1S/C17H14Cl2N2O4/c18-11-2-3-12(13(19)6-11)17(23)21-8-16(22)20-7-10-1-4-14-15(5-10)25-9-24-14/h1-6H,7-9H2,(H,20,22)(H,21,23). The lowest BCUT2D eigenvalue weighted by atomic mass is 10.2. The third kappa shape index (κ3) is 4.35. The van der Waals surface area contributed by atoms with Crippen molar-refractivity contribution in [3.63, 3.8) is 0 Å². The summed E-state index contributed by atoms with van der Waals surface area (Å²) in [5, 5.41) is 5.89. The Morgan fingerprint density at radius 2 is 1.80 bits per heavy atom. The van der Waals surface area contributed by atoms with Crippen LogP contribution in [0.1, 0.15) is 15.9 Å². The first-order valence-corrected chi connectivity index (χ1v) is 8.17. The van der Waals surface area contributed by atoms with Gasteiger partial charge in [0, 0.05) is 11.6 Å². The number of hydrogen-bond acceptors (Lipinski definition) is 4. The van der Waals surface area contributed by atoms with Gasteiger partial charge in [-0.15, -0.1) is 0 Å². The molecule has 130 valence electrons. The highest BCUT2D eigenvalue weighted by atomic mass is 35.5. The van der Waals surface area contributed by atoms with Gasteiger partial charge in [0.2, 0.25) is 12.7 Å². The van der Waals surface area contributed by atoms with E-state index in [0.717, 1.165) is 5.56 Å². The van der Waals surface area contributed by atoms with E-state index in [1.54, 1.807) is 18.2 Å². The normalized spacial score (nSPS) is 11.9. The number of halogens is 2. The molecule has 0 fully saturated rings. The van der Waals surface area contributed by atoms with E-state index in [9.17, 15) is 9.59 Å². The molecule has 2 aromatic carbocycles. The largest absolute Gasteiger partial charge is 0.454 e. The lowest BCUT2D eigenvalue weighted by Gasteiger charge is -2.08. The zero-order chi connectivity index (χ0) is 17.8. The van der Waals surface area contributed by atoms with Crippen molar-refractivity contribution in [2.24, 2.45) is 0 Å². The molecular formula is C17H14Cl2N2O4. The maximum absolute atomic E-state index is 12.0. The van der Waals surface area contributed by atoms with Crippen LogP contribution in [0.25, 0.3) is 0 Å². The molecule has 1 aliphatic rings. The zero-order valence-corrected chi connectivity index (χ0v) is 14.5. The molecule has 2 N–H and O–H groups in total. The third-order valence-electron chi connectivity index (χ3n) is 3.51. The van der Waals surface area contributed by atoms with E-state index in [0.29, 0.717) is 23.1 Å². The Labute approximate surface area is 154 Å². The Bertz CT molecular complexity index is 826. The van der Waals surface area contributed by atoms with Crippen LogP contribution in [0.2, 0.25) is 10.0 Å². The molecule has 0 bridgehead atoms. The Hall–Kier alpha value is -2.44. The van der Waals surface area contributed by atoms with Gasteiger partial charge in [0.1, 0.15) is 0 Å². The van der Waals surface area contributed by atoms with Gasteiger partial charge in [-0.25, -0.2) is 0 Å². The minimum absolute atomic E-state index is 0.164. The van der Waals surface area contributed by atoms with Crippen LogP contribution in [0.15, 0.2) is 36.4 Å². The van der Waals surface area contributed by atoms with Crippen LogP contribution in [-0.2, 0) is 11.3 Å². The Kier molecular flexibility index (Phi) is 5.31. The molecule has 25 heavy (non-hydrogen) atoms. The number of carbonyl (C=O) groups is 2. The topological polar surface area (TPSA) is 76.7 Å². The number of ether oxygens (including phenoxy) is 2. The summed E-state index contributed by atoms with van der Waals surface area (Å²) in [6.07, 6.45) is 0. The van der Waals surface area contributed by atoms with Gasteiger partial charge >= 0.3 is 0 Å². The molecule has 3 rings (SSSR count).